The van der Waals surface area contributed by atoms with Gasteiger partial charge in [-0.1, -0.05) is 126 Å². The molecule has 0 saturated carbocycles. The van der Waals surface area contributed by atoms with Crippen LogP contribution in [0.5, 0.6) is 5.75 Å². The Bertz CT molecular complexity index is 928. The van der Waals surface area contributed by atoms with Crippen molar-refractivity contribution >= 4 is 5.91 Å². The molecule has 1 amide bonds. The Morgan fingerprint density at radius 1 is 0.805 bits per heavy atom. The number of nitrogens with zero attached hydrogens (tertiary/aromatic N) is 1. The molecule has 1 heterocycles. The van der Waals surface area contributed by atoms with Crippen LogP contribution in [-0.2, 0) is 11.4 Å². The van der Waals surface area contributed by atoms with Crippen molar-refractivity contribution in [2.75, 3.05) is 19.6 Å². The fraction of sp³-hybridized carbons (Fsp3) is 0.639. The van der Waals surface area contributed by atoms with Gasteiger partial charge in [-0.3, -0.25) is 4.79 Å². The fourth-order valence-electron chi connectivity index (χ4n) is 5.78. The van der Waals surface area contributed by atoms with Gasteiger partial charge in [0.15, 0.2) is 0 Å². The fourth-order valence-corrected chi connectivity index (χ4v) is 5.78. The van der Waals surface area contributed by atoms with E-state index < -0.39 is 6.10 Å². The van der Waals surface area contributed by atoms with Gasteiger partial charge in [-0.2, -0.15) is 0 Å². The number of hydrogen-bond donors (Lipinski definition) is 2. The Morgan fingerprint density at radius 2 is 1.37 bits per heavy atom. The van der Waals surface area contributed by atoms with Crippen molar-refractivity contribution in [3.63, 3.8) is 0 Å². The molecule has 3 rings (SSSR count). The van der Waals surface area contributed by atoms with Crippen molar-refractivity contribution in [2.24, 2.45) is 0 Å². The number of rotatable bonds is 22. The molecule has 41 heavy (non-hydrogen) atoms. The average Bonchev–Trinajstić information content (AvgIpc) is 3.52. The lowest BCUT2D eigenvalue weighted by atomic mass is 10.0. The molecule has 2 atom stereocenters. The van der Waals surface area contributed by atoms with Crippen molar-refractivity contribution < 1.29 is 14.6 Å². The van der Waals surface area contributed by atoms with Crippen LogP contribution in [0.2, 0.25) is 0 Å². The van der Waals surface area contributed by atoms with E-state index in [2.05, 4.69) is 17.1 Å². The molecule has 0 aliphatic carbocycles. The van der Waals surface area contributed by atoms with Crippen LogP contribution < -0.4 is 10.1 Å². The van der Waals surface area contributed by atoms with Gasteiger partial charge in [0.05, 0.1) is 6.04 Å². The van der Waals surface area contributed by atoms with E-state index in [1.807, 2.05) is 54.6 Å². The highest BCUT2D eigenvalue weighted by atomic mass is 16.5. The number of nitrogens with one attached hydrogen (secondary N) is 1. The first-order valence-electron chi connectivity index (χ1n) is 16.6. The summed E-state index contributed by atoms with van der Waals surface area (Å²) in [6, 6.07) is 17.4. The van der Waals surface area contributed by atoms with E-state index in [0.29, 0.717) is 19.6 Å². The number of carbonyl (C=O) groups excluding carboxylic acids is 1. The standard InChI is InChI=1S/C36H56N2O3/c1-2-3-4-5-6-7-8-9-10-11-12-13-17-22-35(39)37-34(29-38-27-18-19-28-38)36(40)32-23-25-33(26-24-32)41-30-31-20-15-14-16-21-31/h14-16,20-21,23-26,34,36,40H,2-13,17-19,22,27-30H2,1H3,(H,37,39)/t34-,36-/m1/s1. The van der Waals surface area contributed by atoms with Crippen LogP contribution in [0, 0.1) is 0 Å². The average molecular weight is 565 g/mol. The van der Waals surface area contributed by atoms with E-state index in [1.54, 1.807) is 0 Å². The quantitative estimate of drug-likeness (QED) is 0.141. The Kier molecular flexibility index (Phi) is 16.6. The largest absolute Gasteiger partial charge is 0.489 e. The lowest BCUT2D eigenvalue weighted by Gasteiger charge is -2.29. The molecule has 1 aliphatic rings. The summed E-state index contributed by atoms with van der Waals surface area (Å²) >= 11 is 0. The number of ether oxygens (including phenoxy) is 1. The molecule has 228 valence electrons. The molecule has 1 saturated heterocycles. The van der Waals surface area contributed by atoms with Gasteiger partial charge in [0, 0.05) is 13.0 Å². The molecule has 5 nitrogen and oxygen atoms in total. The van der Waals surface area contributed by atoms with E-state index in [4.69, 9.17) is 4.74 Å². The molecule has 2 aromatic carbocycles. The summed E-state index contributed by atoms with van der Waals surface area (Å²) in [5.74, 6) is 0.825. The zero-order chi connectivity index (χ0) is 29.0. The highest BCUT2D eigenvalue weighted by molar-refractivity contribution is 5.76. The van der Waals surface area contributed by atoms with Crippen molar-refractivity contribution in [3.05, 3.63) is 65.7 Å². The number of aliphatic hydroxyl groups excluding tert-OH is 1. The van der Waals surface area contributed by atoms with E-state index in [1.165, 1.54) is 83.5 Å². The van der Waals surface area contributed by atoms with E-state index >= 15 is 0 Å². The highest BCUT2D eigenvalue weighted by Gasteiger charge is 2.26. The van der Waals surface area contributed by atoms with Gasteiger partial charge < -0.3 is 20.1 Å². The van der Waals surface area contributed by atoms with Crippen molar-refractivity contribution in [1.29, 1.82) is 0 Å². The van der Waals surface area contributed by atoms with Crippen molar-refractivity contribution in [3.8, 4) is 5.75 Å². The van der Waals surface area contributed by atoms with Crippen molar-refractivity contribution in [1.82, 2.24) is 10.2 Å². The number of carbonyl (C=O) groups is 1. The van der Waals surface area contributed by atoms with Crippen LogP contribution in [0.3, 0.4) is 0 Å². The first-order chi connectivity index (χ1) is 20.2. The lowest BCUT2D eigenvalue weighted by Crippen LogP contribution is -2.46. The minimum atomic E-state index is -0.755. The zero-order valence-electron chi connectivity index (χ0n) is 25.7. The Hall–Kier alpha value is -2.37. The molecule has 5 heteroatoms. The number of unbranched alkanes of at least 4 members (excludes halogenated alkanes) is 12. The van der Waals surface area contributed by atoms with E-state index in [0.717, 1.165) is 42.8 Å². The Labute approximate surface area is 250 Å². The first-order valence-corrected chi connectivity index (χ1v) is 16.6. The molecule has 2 aromatic rings. The van der Waals surface area contributed by atoms with Gasteiger partial charge in [0.2, 0.25) is 5.91 Å². The zero-order valence-corrected chi connectivity index (χ0v) is 25.7. The summed E-state index contributed by atoms with van der Waals surface area (Å²) in [5, 5.41) is 14.5. The molecule has 0 unspecified atom stereocenters. The Morgan fingerprint density at radius 3 is 1.95 bits per heavy atom. The SMILES string of the molecule is CCCCCCCCCCCCCCCC(=O)N[C@H](CN1CCCC1)[C@H](O)c1ccc(OCc2ccccc2)cc1. The predicted octanol–water partition coefficient (Wildman–Crippen LogP) is 8.36. The van der Waals surface area contributed by atoms with Gasteiger partial charge in [0.1, 0.15) is 18.5 Å². The summed E-state index contributed by atoms with van der Waals surface area (Å²) in [7, 11) is 0. The van der Waals surface area contributed by atoms with Crippen LogP contribution in [0.25, 0.3) is 0 Å². The van der Waals surface area contributed by atoms with Crippen LogP contribution >= 0.6 is 0 Å². The van der Waals surface area contributed by atoms with Crippen LogP contribution in [0.4, 0.5) is 0 Å². The molecule has 1 fully saturated rings. The van der Waals surface area contributed by atoms with E-state index in [9.17, 15) is 9.90 Å². The summed E-state index contributed by atoms with van der Waals surface area (Å²) in [5.41, 5.74) is 1.93. The lowest BCUT2D eigenvalue weighted by molar-refractivity contribution is -0.123. The molecule has 0 spiro atoms. The van der Waals surface area contributed by atoms with Crippen LogP contribution in [0.15, 0.2) is 54.6 Å². The number of likely N-dealkylation sites (tertiary alicyclic amines) is 1. The summed E-state index contributed by atoms with van der Waals surface area (Å²) < 4.78 is 5.91. The number of amides is 1. The smallest absolute Gasteiger partial charge is 0.220 e. The number of benzene rings is 2. The third kappa shape index (κ3) is 13.9. The normalized spacial score (nSPS) is 15.1. The second-order valence-electron chi connectivity index (χ2n) is 12.0. The van der Waals surface area contributed by atoms with Gasteiger partial charge in [0.25, 0.3) is 0 Å². The number of hydrogen-bond acceptors (Lipinski definition) is 4. The third-order valence-corrected chi connectivity index (χ3v) is 8.36. The minimum absolute atomic E-state index is 0.0548. The van der Waals surface area contributed by atoms with Gasteiger partial charge in [-0.25, -0.2) is 0 Å². The molecule has 1 aliphatic heterocycles. The monoisotopic (exact) mass is 564 g/mol. The maximum Gasteiger partial charge on any atom is 0.220 e. The van der Waals surface area contributed by atoms with Crippen molar-refractivity contribution in [2.45, 2.75) is 128 Å². The van der Waals surface area contributed by atoms with Crippen LogP contribution in [0.1, 0.15) is 127 Å². The molecule has 0 bridgehead atoms. The van der Waals surface area contributed by atoms with Crippen LogP contribution in [-0.4, -0.2) is 41.6 Å². The minimum Gasteiger partial charge on any atom is -0.489 e. The first kappa shape index (κ1) is 33.1. The third-order valence-electron chi connectivity index (χ3n) is 8.36. The van der Waals surface area contributed by atoms with Gasteiger partial charge in [-0.15, -0.1) is 0 Å². The van der Waals surface area contributed by atoms with Gasteiger partial charge in [-0.05, 0) is 55.6 Å². The Balaban J connectivity index is 1.35. The summed E-state index contributed by atoms with van der Waals surface area (Å²) in [6.45, 7) is 5.52. The predicted molar refractivity (Wildman–Crippen MR) is 170 cm³/mol. The maximum atomic E-state index is 12.9. The molecular weight excluding hydrogens is 508 g/mol. The van der Waals surface area contributed by atoms with Gasteiger partial charge >= 0.3 is 0 Å². The molecular formula is C36H56N2O3. The number of aliphatic hydroxyl groups is 1. The molecule has 2 N–H and O–H groups in total. The topological polar surface area (TPSA) is 61.8 Å². The summed E-state index contributed by atoms with van der Waals surface area (Å²) in [6.07, 6.45) is 19.0. The maximum absolute atomic E-state index is 12.9. The van der Waals surface area contributed by atoms with E-state index in [-0.39, 0.29) is 11.9 Å². The molecule has 0 aromatic heterocycles. The summed E-state index contributed by atoms with van der Waals surface area (Å²) in [4.78, 5) is 15.2. The second-order valence-corrected chi connectivity index (χ2v) is 12.0. The molecule has 0 radical (unpaired) electrons. The second kappa shape index (κ2) is 20.5. The highest BCUT2D eigenvalue weighted by Crippen LogP contribution is 2.23.